The molecule has 1 atom stereocenters. The number of aromatic nitrogens is 1. The summed E-state index contributed by atoms with van der Waals surface area (Å²) in [5.41, 5.74) is 11.5. The van der Waals surface area contributed by atoms with E-state index < -0.39 is 11.5 Å². The molecule has 76 valence electrons. The number of carboxylic acid groups (broad SMARTS) is 1. The van der Waals surface area contributed by atoms with Crippen LogP contribution in [0.3, 0.4) is 0 Å². The van der Waals surface area contributed by atoms with Crippen LogP contribution < -0.4 is 11.5 Å². The van der Waals surface area contributed by atoms with Crippen LogP contribution in [0.4, 0.5) is 5.69 Å². The lowest BCUT2D eigenvalue weighted by molar-refractivity contribution is -0.138. The Bertz CT molecular complexity index is 350. The molecule has 0 radical (unpaired) electrons. The number of aliphatic carboxylic acids is 1. The number of pyridine rings is 1. The Morgan fingerprint density at radius 2 is 2.36 bits per heavy atom. The Labute approximate surface area is 81.7 Å². The van der Waals surface area contributed by atoms with E-state index >= 15 is 0 Å². The molecule has 0 aliphatic rings. The monoisotopic (exact) mass is 195 g/mol. The fraction of sp³-hybridized carbons (Fsp3) is 0.333. The van der Waals surface area contributed by atoms with Gasteiger partial charge in [0.05, 0.1) is 12.0 Å². The summed E-state index contributed by atoms with van der Waals surface area (Å²) in [5, 5.41) is 8.66. The SMILES string of the molecule is C[C@](N)(CC(=O)O)c1cnccc1N. The van der Waals surface area contributed by atoms with Crippen molar-refractivity contribution >= 4 is 11.7 Å². The number of nitrogens with zero attached hydrogens (tertiary/aromatic N) is 1. The Balaban J connectivity index is 3.03. The van der Waals surface area contributed by atoms with Gasteiger partial charge in [-0.1, -0.05) is 0 Å². The van der Waals surface area contributed by atoms with E-state index in [1.54, 1.807) is 13.0 Å². The number of hydrogen-bond donors (Lipinski definition) is 3. The summed E-state index contributed by atoms with van der Waals surface area (Å²) in [6.45, 7) is 1.62. The first-order chi connectivity index (χ1) is 6.43. The first kappa shape index (κ1) is 10.5. The summed E-state index contributed by atoms with van der Waals surface area (Å²) in [5.74, 6) is -0.960. The fourth-order valence-corrected chi connectivity index (χ4v) is 1.29. The Morgan fingerprint density at radius 1 is 1.71 bits per heavy atom. The molecule has 5 nitrogen and oxygen atoms in total. The average molecular weight is 195 g/mol. The molecule has 5 heteroatoms. The van der Waals surface area contributed by atoms with E-state index in [4.69, 9.17) is 16.6 Å². The number of carboxylic acids is 1. The van der Waals surface area contributed by atoms with Gasteiger partial charge in [0.25, 0.3) is 0 Å². The largest absolute Gasteiger partial charge is 0.481 e. The summed E-state index contributed by atoms with van der Waals surface area (Å²) in [6, 6.07) is 1.60. The highest BCUT2D eigenvalue weighted by Crippen LogP contribution is 2.25. The van der Waals surface area contributed by atoms with Crippen molar-refractivity contribution in [1.82, 2.24) is 4.98 Å². The molecule has 0 unspecified atom stereocenters. The summed E-state index contributed by atoms with van der Waals surface area (Å²) in [6.07, 6.45) is 2.86. The van der Waals surface area contributed by atoms with Gasteiger partial charge in [-0.25, -0.2) is 0 Å². The molecule has 0 aliphatic heterocycles. The van der Waals surface area contributed by atoms with Gasteiger partial charge in [0.2, 0.25) is 0 Å². The van der Waals surface area contributed by atoms with Crippen molar-refractivity contribution in [3.8, 4) is 0 Å². The zero-order valence-corrected chi connectivity index (χ0v) is 7.90. The smallest absolute Gasteiger partial charge is 0.305 e. The molecule has 0 aliphatic carbocycles. The van der Waals surface area contributed by atoms with E-state index in [-0.39, 0.29) is 6.42 Å². The summed E-state index contributed by atoms with van der Waals surface area (Å²) in [7, 11) is 0. The van der Waals surface area contributed by atoms with E-state index in [1.807, 2.05) is 0 Å². The first-order valence-electron chi connectivity index (χ1n) is 4.14. The standard InChI is InChI=1S/C9H13N3O2/c1-9(11,4-8(13)14)6-5-12-3-2-7(6)10/h2-3,5H,4,11H2,1H3,(H2,10,12)(H,13,14)/t9-/m0/s1. The van der Waals surface area contributed by atoms with Crippen molar-refractivity contribution in [3.63, 3.8) is 0 Å². The van der Waals surface area contributed by atoms with E-state index in [0.717, 1.165) is 0 Å². The minimum Gasteiger partial charge on any atom is -0.481 e. The van der Waals surface area contributed by atoms with Crippen molar-refractivity contribution in [1.29, 1.82) is 0 Å². The van der Waals surface area contributed by atoms with Crippen LogP contribution >= 0.6 is 0 Å². The molecule has 0 aromatic carbocycles. The van der Waals surface area contributed by atoms with Gasteiger partial charge in [0, 0.05) is 23.6 Å². The quantitative estimate of drug-likeness (QED) is 0.644. The van der Waals surface area contributed by atoms with Crippen LogP contribution in [-0.2, 0) is 10.3 Å². The predicted molar refractivity (Wildman–Crippen MR) is 52.4 cm³/mol. The lowest BCUT2D eigenvalue weighted by atomic mass is 9.90. The van der Waals surface area contributed by atoms with Gasteiger partial charge in [-0.3, -0.25) is 9.78 Å². The molecular formula is C9H13N3O2. The second kappa shape index (κ2) is 3.63. The van der Waals surface area contributed by atoms with Crippen LogP contribution in [-0.4, -0.2) is 16.1 Å². The number of nitrogens with two attached hydrogens (primary N) is 2. The number of anilines is 1. The molecule has 0 amide bonds. The van der Waals surface area contributed by atoms with Crippen molar-refractivity contribution < 1.29 is 9.90 Å². The third-order valence-corrected chi connectivity index (χ3v) is 1.99. The van der Waals surface area contributed by atoms with Gasteiger partial charge in [0.1, 0.15) is 0 Å². The van der Waals surface area contributed by atoms with Crippen LogP contribution in [0.25, 0.3) is 0 Å². The molecular weight excluding hydrogens is 182 g/mol. The van der Waals surface area contributed by atoms with Gasteiger partial charge >= 0.3 is 5.97 Å². The topological polar surface area (TPSA) is 102 Å². The maximum atomic E-state index is 10.6. The Morgan fingerprint density at radius 3 is 2.86 bits per heavy atom. The first-order valence-corrected chi connectivity index (χ1v) is 4.14. The highest BCUT2D eigenvalue weighted by molar-refractivity contribution is 5.69. The second-order valence-corrected chi connectivity index (χ2v) is 3.45. The number of carbonyl (C=O) groups is 1. The summed E-state index contributed by atoms with van der Waals surface area (Å²) >= 11 is 0. The van der Waals surface area contributed by atoms with E-state index in [2.05, 4.69) is 4.98 Å². The summed E-state index contributed by atoms with van der Waals surface area (Å²) in [4.78, 5) is 14.4. The second-order valence-electron chi connectivity index (χ2n) is 3.45. The number of rotatable bonds is 3. The highest BCUT2D eigenvalue weighted by atomic mass is 16.4. The molecule has 14 heavy (non-hydrogen) atoms. The number of nitrogen functional groups attached to an aromatic ring is 1. The molecule has 1 aromatic heterocycles. The van der Waals surface area contributed by atoms with E-state index in [1.165, 1.54) is 12.4 Å². The molecule has 0 saturated heterocycles. The lowest BCUT2D eigenvalue weighted by Crippen LogP contribution is -2.36. The number of hydrogen-bond acceptors (Lipinski definition) is 4. The molecule has 0 fully saturated rings. The zero-order chi connectivity index (χ0) is 10.8. The summed E-state index contributed by atoms with van der Waals surface area (Å²) < 4.78 is 0. The fourth-order valence-electron chi connectivity index (χ4n) is 1.29. The van der Waals surface area contributed by atoms with Crippen molar-refractivity contribution in [3.05, 3.63) is 24.0 Å². The van der Waals surface area contributed by atoms with Crippen molar-refractivity contribution in [2.45, 2.75) is 18.9 Å². The Hall–Kier alpha value is -1.62. The minimum atomic E-state index is -0.982. The lowest BCUT2D eigenvalue weighted by Gasteiger charge is -2.23. The van der Waals surface area contributed by atoms with Crippen LogP contribution in [0.15, 0.2) is 18.5 Å². The normalized spacial score (nSPS) is 14.7. The minimum absolute atomic E-state index is 0.178. The predicted octanol–water partition coefficient (Wildman–Crippen LogP) is 0.312. The molecule has 1 rings (SSSR count). The zero-order valence-electron chi connectivity index (χ0n) is 7.90. The molecule has 5 N–H and O–H groups in total. The van der Waals surface area contributed by atoms with Gasteiger partial charge in [-0.2, -0.15) is 0 Å². The van der Waals surface area contributed by atoms with Crippen LogP contribution in [0.1, 0.15) is 18.9 Å². The molecule has 0 spiro atoms. The molecule has 0 bridgehead atoms. The maximum Gasteiger partial charge on any atom is 0.305 e. The van der Waals surface area contributed by atoms with Crippen LogP contribution in [0.5, 0.6) is 0 Å². The van der Waals surface area contributed by atoms with Crippen molar-refractivity contribution in [2.75, 3.05) is 5.73 Å². The maximum absolute atomic E-state index is 10.6. The molecule has 1 aromatic rings. The van der Waals surface area contributed by atoms with E-state index in [0.29, 0.717) is 11.3 Å². The third-order valence-electron chi connectivity index (χ3n) is 1.99. The highest BCUT2D eigenvalue weighted by Gasteiger charge is 2.26. The van der Waals surface area contributed by atoms with Gasteiger partial charge < -0.3 is 16.6 Å². The Kier molecular flexibility index (Phi) is 2.71. The molecule has 0 saturated carbocycles. The molecule has 1 heterocycles. The van der Waals surface area contributed by atoms with Crippen molar-refractivity contribution in [2.24, 2.45) is 5.73 Å². The van der Waals surface area contributed by atoms with Gasteiger partial charge in [0.15, 0.2) is 0 Å². The van der Waals surface area contributed by atoms with Crippen LogP contribution in [0, 0.1) is 0 Å². The van der Waals surface area contributed by atoms with Gasteiger partial charge in [-0.05, 0) is 13.0 Å². The van der Waals surface area contributed by atoms with E-state index in [9.17, 15) is 4.79 Å². The van der Waals surface area contributed by atoms with Crippen LogP contribution in [0.2, 0.25) is 0 Å². The third kappa shape index (κ3) is 2.20. The van der Waals surface area contributed by atoms with Gasteiger partial charge in [-0.15, -0.1) is 0 Å². The average Bonchev–Trinajstić information content (AvgIpc) is 2.02.